The minimum Gasteiger partial charge on any atom is -0.461 e. The summed E-state index contributed by atoms with van der Waals surface area (Å²) in [6.07, 6.45) is -0.120. The maximum atomic E-state index is 11.6. The number of aliphatic hydroxyl groups is 1. The molecule has 0 saturated carbocycles. The zero-order valence-electron chi connectivity index (χ0n) is 17.0. The maximum Gasteiger partial charge on any atom is 0.338 e. The highest BCUT2D eigenvalue weighted by Crippen LogP contribution is 2.30. The average Bonchev–Trinajstić information content (AvgIpc) is 2.73. The molecule has 0 aliphatic rings. The van der Waals surface area contributed by atoms with Crippen LogP contribution in [0.4, 0.5) is 0 Å². The molecule has 6 heteroatoms. The van der Waals surface area contributed by atoms with E-state index in [-0.39, 0.29) is 6.61 Å². The summed E-state index contributed by atoms with van der Waals surface area (Å²) in [4.78, 5) is 23.1. The van der Waals surface area contributed by atoms with E-state index in [0.29, 0.717) is 28.2 Å². The maximum absolute atomic E-state index is 11.6. The predicted octanol–water partition coefficient (Wildman–Crippen LogP) is 4.34. The lowest BCUT2D eigenvalue weighted by molar-refractivity contribution is -0.139. The average molecular weight is 408 g/mol. The fourth-order valence-electron chi connectivity index (χ4n) is 2.33. The smallest absolute Gasteiger partial charge is 0.338 e. The minimum atomic E-state index is -1.19. The first-order valence-electron chi connectivity index (χ1n) is 9.11. The monoisotopic (exact) mass is 408 g/mol. The van der Waals surface area contributed by atoms with E-state index in [0.717, 1.165) is 17.2 Å². The summed E-state index contributed by atoms with van der Waals surface area (Å²) in [5.41, 5.74) is 2.96. The fourth-order valence-corrected chi connectivity index (χ4v) is 2.33. The molecule has 0 spiro atoms. The number of rotatable bonds is 9. The number of hydrogen-bond acceptors (Lipinski definition) is 6. The van der Waals surface area contributed by atoms with Crippen LogP contribution in [-0.4, -0.2) is 23.3 Å². The molecule has 2 aromatic carbocycles. The van der Waals surface area contributed by atoms with Gasteiger partial charge in [0.15, 0.2) is 0 Å². The van der Waals surface area contributed by atoms with Crippen LogP contribution >= 0.6 is 0 Å². The quantitative estimate of drug-likeness (QED) is 0.219. The Bertz CT molecular complexity index is 972. The lowest BCUT2D eigenvalue weighted by Crippen LogP contribution is -2.17. The molecular formula is C24H24O6. The Morgan fingerprint density at radius 3 is 2.27 bits per heavy atom. The summed E-state index contributed by atoms with van der Waals surface area (Å²) in [5.74, 6) is -0.309. The van der Waals surface area contributed by atoms with Crippen LogP contribution in [0.25, 0.3) is 11.1 Å². The number of esters is 2. The van der Waals surface area contributed by atoms with Crippen LogP contribution in [0, 0.1) is 0 Å². The van der Waals surface area contributed by atoms with Gasteiger partial charge in [-0.2, -0.15) is 0 Å². The molecule has 0 heterocycles. The van der Waals surface area contributed by atoms with Crippen molar-refractivity contribution < 1.29 is 28.9 Å². The molecule has 2 rings (SSSR count). The number of ether oxygens (including phenoxy) is 3. The summed E-state index contributed by atoms with van der Waals surface area (Å²) in [6.45, 7) is 13.7. The summed E-state index contributed by atoms with van der Waals surface area (Å²) in [5, 5.41) is 9.96. The molecule has 0 saturated heterocycles. The van der Waals surface area contributed by atoms with Crippen LogP contribution in [0.15, 0.2) is 79.4 Å². The van der Waals surface area contributed by atoms with E-state index in [9.17, 15) is 14.7 Å². The van der Waals surface area contributed by atoms with E-state index in [2.05, 4.69) is 19.7 Å². The first kappa shape index (κ1) is 22.6. The van der Waals surface area contributed by atoms with Crippen LogP contribution in [0.5, 0.6) is 11.5 Å². The van der Waals surface area contributed by atoms with Crippen molar-refractivity contribution in [2.24, 2.45) is 0 Å². The van der Waals surface area contributed by atoms with Gasteiger partial charge >= 0.3 is 11.9 Å². The lowest BCUT2D eigenvalue weighted by Gasteiger charge is -2.17. The molecule has 30 heavy (non-hydrogen) atoms. The summed E-state index contributed by atoms with van der Waals surface area (Å²) in [6, 6.07) is 12.2. The van der Waals surface area contributed by atoms with Gasteiger partial charge in [-0.05, 0) is 54.8 Å². The van der Waals surface area contributed by atoms with Crippen molar-refractivity contribution in [1.29, 1.82) is 0 Å². The number of hydrogen-bond donors (Lipinski definition) is 1. The van der Waals surface area contributed by atoms with Crippen LogP contribution < -0.4 is 9.47 Å². The van der Waals surface area contributed by atoms with Crippen molar-refractivity contribution in [2.45, 2.75) is 26.7 Å². The molecule has 1 N–H and O–H groups in total. The van der Waals surface area contributed by atoms with Crippen LogP contribution in [0.3, 0.4) is 0 Å². The predicted molar refractivity (Wildman–Crippen MR) is 114 cm³/mol. The molecule has 0 bridgehead atoms. The zero-order chi connectivity index (χ0) is 22.3. The molecule has 0 aliphatic heterocycles. The van der Waals surface area contributed by atoms with Crippen molar-refractivity contribution in [3.8, 4) is 22.6 Å². The number of carbonyl (C=O) groups is 2. The van der Waals surface area contributed by atoms with Crippen molar-refractivity contribution >= 4 is 11.9 Å². The van der Waals surface area contributed by atoms with Crippen LogP contribution in [0.1, 0.15) is 19.4 Å². The Hall–Kier alpha value is -3.64. The van der Waals surface area contributed by atoms with E-state index in [1.54, 1.807) is 56.3 Å². The third-order valence-corrected chi connectivity index (χ3v) is 4.00. The highest BCUT2D eigenvalue weighted by Gasteiger charge is 2.14. The van der Waals surface area contributed by atoms with Crippen molar-refractivity contribution in [3.05, 3.63) is 85.0 Å². The van der Waals surface area contributed by atoms with Crippen molar-refractivity contribution in [3.63, 3.8) is 0 Å². The zero-order valence-corrected chi connectivity index (χ0v) is 17.0. The third kappa shape index (κ3) is 6.18. The van der Waals surface area contributed by atoms with Gasteiger partial charge < -0.3 is 19.3 Å². The molecule has 0 radical (unpaired) electrons. The fraction of sp³-hybridized carbons (Fsp3) is 0.167. The van der Waals surface area contributed by atoms with E-state index >= 15 is 0 Å². The second-order valence-electron chi connectivity index (χ2n) is 6.65. The number of benzene rings is 2. The van der Waals surface area contributed by atoms with Gasteiger partial charge in [-0.1, -0.05) is 37.9 Å². The highest BCUT2D eigenvalue weighted by atomic mass is 16.6. The van der Waals surface area contributed by atoms with E-state index in [1.807, 2.05) is 0 Å². The first-order chi connectivity index (χ1) is 14.2. The molecule has 1 atom stereocenters. The Balaban J connectivity index is 2.30. The molecule has 6 nitrogen and oxygen atoms in total. The second kappa shape index (κ2) is 10.2. The Labute approximate surface area is 175 Å². The van der Waals surface area contributed by atoms with Gasteiger partial charge in [0.05, 0.1) is 0 Å². The molecule has 0 amide bonds. The molecule has 0 aromatic heterocycles. The molecule has 0 aliphatic carbocycles. The Morgan fingerprint density at radius 2 is 1.70 bits per heavy atom. The molecule has 2 aromatic rings. The van der Waals surface area contributed by atoms with Gasteiger partial charge in [-0.3, -0.25) is 0 Å². The van der Waals surface area contributed by atoms with Gasteiger partial charge in [0.25, 0.3) is 0 Å². The van der Waals surface area contributed by atoms with Gasteiger partial charge in [-0.25, -0.2) is 9.59 Å². The summed E-state index contributed by atoms with van der Waals surface area (Å²) < 4.78 is 15.8. The molecule has 0 fully saturated rings. The third-order valence-electron chi connectivity index (χ3n) is 4.00. The standard InChI is InChI=1S/C24H24O6/c1-6-22(25)28-14-19-13-18(9-12-21(19)30-24(27)16(4)5)17-7-10-20(11-8-17)29-23(26)15(2)3/h6-13,24,27H,1-2,4,14H2,3,5H3. The highest BCUT2D eigenvalue weighted by molar-refractivity contribution is 5.88. The van der Waals surface area contributed by atoms with Gasteiger partial charge in [-0.15, -0.1) is 0 Å². The summed E-state index contributed by atoms with van der Waals surface area (Å²) >= 11 is 0. The normalized spacial score (nSPS) is 11.2. The second-order valence-corrected chi connectivity index (χ2v) is 6.65. The first-order valence-corrected chi connectivity index (χ1v) is 9.11. The van der Waals surface area contributed by atoms with E-state index in [1.165, 1.54) is 0 Å². The summed E-state index contributed by atoms with van der Waals surface area (Å²) in [7, 11) is 0. The van der Waals surface area contributed by atoms with Crippen LogP contribution in [0.2, 0.25) is 0 Å². The number of aliphatic hydroxyl groups excluding tert-OH is 1. The minimum absolute atomic E-state index is 0.0642. The van der Waals surface area contributed by atoms with Gasteiger partial charge in [0.1, 0.15) is 18.1 Å². The number of carbonyl (C=O) groups excluding carboxylic acids is 2. The Kier molecular flexibility index (Phi) is 7.72. The Morgan fingerprint density at radius 1 is 1.07 bits per heavy atom. The van der Waals surface area contributed by atoms with Crippen LogP contribution in [-0.2, 0) is 20.9 Å². The topological polar surface area (TPSA) is 82.1 Å². The van der Waals surface area contributed by atoms with Gasteiger partial charge in [0.2, 0.25) is 6.29 Å². The van der Waals surface area contributed by atoms with Crippen molar-refractivity contribution in [2.75, 3.05) is 0 Å². The van der Waals surface area contributed by atoms with Gasteiger partial charge in [0, 0.05) is 17.2 Å². The lowest BCUT2D eigenvalue weighted by atomic mass is 10.0. The largest absolute Gasteiger partial charge is 0.461 e. The van der Waals surface area contributed by atoms with E-state index in [4.69, 9.17) is 14.2 Å². The molecule has 156 valence electrons. The van der Waals surface area contributed by atoms with Crippen molar-refractivity contribution in [1.82, 2.24) is 0 Å². The van der Waals surface area contributed by atoms with E-state index < -0.39 is 18.2 Å². The SMILES string of the molecule is C=CC(=O)OCc1cc(-c2ccc(OC(=O)C(=C)C)cc2)ccc1OC(O)C(=C)C. The molecular weight excluding hydrogens is 384 g/mol. The molecule has 1 unspecified atom stereocenters.